The van der Waals surface area contributed by atoms with Crippen molar-refractivity contribution in [3.63, 3.8) is 0 Å². The number of nitrogens with one attached hydrogen (secondary N) is 1. The van der Waals surface area contributed by atoms with Crippen LogP contribution in [0.2, 0.25) is 5.02 Å². The summed E-state index contributed by atoms with van der Waals surface area (Å²) >= 11 is 6.10. The van der Waals surface area contributed by atoms with Gasteiger partial charge in [0.05, 0.1) is 17.7 Å². The third kappa shape index (κ3) is 3.66. The molecule has 21 heavy (non-hydrogen) atoms. The van der Waals surface area contributed by atoms with Crippen LogP contribution in [0.5, 0.6) is 0 Å². The van der Waals surface area contributed by atoms with E-state index >= 15 is 0 Å². The molecule has 8 heteroatoms. The van der Waals surface area contributed by atoms with E-state index in [4.69, 9.17) is 16.3 Å². The van der Waals surface area contributed by atoms with Crippen molar-refractivity contribution in [1.29, 1.82) is 0 Å². The van der Waals surface area contributed by atoms with Gasteiger partial charge in [0.1, 0.15) is 10.7 Å². The van der Waals surface area contributed by atoms with E-state index in [1.165, 1.54) is 16.6 Å². The van der Waals surface area contributed by atoms with Gasteiger partial charge in [-0.2, -0.15) is 4.31 Å². The van der Waals surface area contributed by atoms with Crippen LogP contribution in [0.1, 0.15) is 19.8 Å². The third-order valence-electron chi connectivity index (χ3n) is 3.46. The molecule has 0 spiro atoms. The highest BCUT2D eigenvalue weighted by Gasteiger charge is 2.31. The summed E-state index contributed by atoms with van der Waals surface area (Å²) in [6.45, 7) is 3.77. The molecule has 1 saturated heterocycles. The molecule has 1 fully saturated rings. The van der Waals surface area contributed by atoms with Crippen molar-refractivity contribution in [3.8, 4) is 0 Å². The minimum absolute atomic E-state index is 0.101. The minimum atomic E-state index is -3.60. The number of nitrogens with zero attached hydrogens (tertiary/aromatic N) is 2. The van der Waals surface area contributed by atoms with Gasteiger partial charge < -0.3 is 10.1 Å². The molecule has 0 aromatic carbocycles. The minimum Gasteiger partial charge on any atom is -0.380 e. The van der Waals surface area contributed by atoms with E-state index in [-0.39, 0.29) is 10.9 Å². The van der Waals surface area contributed by atoms with Gasteiger partial charge in [-0.1, -0.05) is 18.5 Å². The fraction of sp³-hybridized carbons (Fsp3) is 0.615. The monoisotopic (exact) mass is 333 g/mol. The molecule has 1 N–H and O–H groups in total. The SMILES string of the molecule is CCCNc1ncc(S(=O)(=O)N(C)C2CCOC2)cc1Cl. The maximum Gasteiger partial charge on any atom is 0.244 e. The summed E-state index contributed by atoms with van der Waals surface area (Å²) in [6, 6.07) is 1.31. The average Bonchev–Trinajstić information content (AvgIpc) is 2.99. The molecule has 1 unspecified atom stereocenters. The van der Waals surface area contributed by atoms with E-state index in [2.05, 4.69) is 10.3 Å². The lowest BCUT2D eigenvalue weighted by Gasteiger charge is -2.22. The molecular weight excluding hydrogens is 314 g/mol. The second-order valence-corrected chi connectivity index (χ2v) is 7.37. The molecule has 0 saturated carbocycles. The Kier molecular flexibility index (Phi) is 5.43. The second kappa shape index (κ2) is 6.91. The summed E-state index contributed by atoms with van der Waals surface area (Å²) < 4.78 is 31.7. The normalized spacial score (nSPS) is 19.1. The standard InChI is InChI=1S/C13H20ClN3O3S/c1-3-5-15-13-12(14)7-11(8-16-13)21(18,19)17(2)10-4-6-20-9-10/h7-8,10H,3-6,9H2,1-2H3,(H,15,16). The topological polar surface area (TPSA) is 71.5 Å². The molecular formula is C13H20ClN3O3S. The van der Waals surface area contributed by atoms with Crippen molar-refractivity contribution in [2.45, 2.75) is 30.7 Å². The highest BCUT2D eigenvalue weighted by atomic mass is 35.5. The molecule has 2 heterocycles. The van der Waals surface area contributed by atoms with Crippen LogP contribution in [0.15, 0.2) is 17.2 Å². The predicted octanol–water partition coefficient (Wildman–Crippen LogP) is 1.97. The number of ether oxygens (including phenoxy) is 1. The van der Waals surface area contributed by atoms with Crippen molar-refractivity contribution in [1.82, 2.24) is 9.29 Å². The van der Waals surface area contributed by atoms with Gasteiger partial charge in [-0.3, -0.25) is 0 Å². The summed E-state index contributed by atoms with van der Waals surface area (Å²) in [5, 5.41) is 3.36. The fourth-order valence-corrected chi connectivity index (χ4v) is 3.75. The van der Waals surface area contributed by atoms with Gasteiger partial charge in [0.15, 0.2) is 0 Å². The number of anilines is 1. The zero-order chi connectivity index (χ0) is 15.5. The molecule has 0 bridgehead atoms. The van der Waals surface area contributed by atoms with Gasteiger partial charge in [-0.05, 0) is 18.9 Å². The zero-order valence-electron chi connectivity index (χ0n) is 12.2. The van der Waals surface area contributed by atoms with E-state index < -0.39 is 10.0 Å². The van der Waals surface area contributed by atoms with Gasteiger partial charge in [0, 0.05) is 26.4 Å². The molecule has 1 aromatic rings. The highest BCUT2D eigenvalue weighted by Crippen LogP contribution is 2.26. The first-order valence-corrected chi connectivity index (χ1v) is 8.73. The summed E-state index contributed by atoms with van der Waals surface area (Å²) in [4.78, 5) is 4.21. The van der Waals surface area contributed by atoms with Gasteiger partial charge in [-0.25, -0.2) is 13.4 Å². The first kappa shape index (κ1) is 16.5. The largest absolute Gasteiger partial charge is 0.380 e. The predicted molar refractivity (Wildman–Crippen MR) is 82.2 cm³/mol. The van der Waals surface area contributed by atoms with Crippen molar-refractivity contribution in [3.05, 3.63) is 17.3 Å². The van der Waals surface area contributed by atoms with Crippen molar-refractivity contribution in [2.75, 3.05) is 32.1 Å². The zero-order valence-corrected chi connectivity index (χ0v) is 13.7. The number of sulfonamides is 1. The molecule has 118 valence electrons. The van der Waals surface area contributed by atoms with Crippen LogP contribution in [0.4, 0.5) is 5.82 Å². The van der Waals surface area contributed by atoms with E-state index in [0.29, 0.717) is 30.5 Å². The molecule has 0 radical (unpaired) electrons. The second-order valence-electron chi connectivity index (χ2n) is 4.97. The molecule has 1 aliphatic heterocycles. The summed E-state index contributed by atoms with van der Waals surface area (Å²) in [7, 11) is -2.04. The van der Waals surface area contributed by atoms with Gasteiger partial charge in [0.25, 0.3) is 0 Å². The van der Waals surface area contributed by atoms with E-state index in [1.807, 2.05) is 6.92 Å². The first-order chi connectivity index (χ1) is 9.96. The van der Waals surface area contributed by atoms with Crippen molar-refractivity contribution >= 4 is 27.4 Å². The summed E-state index contributed by atoms with van der Waals surface area (Å²) in [6.07, 6.45) is 2.97. The van der Waals surface area contributed by atoms with Gasteiger partial charge >= 0.3 is 0 Å². The lowest BCUT2D eigenvalue weighted by molar-refractivity contribution is 0.181. The van der Waals surface area contributed by atoms with E-state index in [0.717, 1.165) is 13.0 Å². The summed E-state index contributed by atoms with van der Waals surface area (Å²) in [5.74, 6) is 0.504. The van der Waals surface area contributed by atoms with Crippen molar-refractivity contribution in [2.24, 2.45) is 0 Å². The third-order valence-corrected chi connectivity index (χ3v) is 5.62. The molecule has 1 aromatic heterocycles. The lowest BCUT2D eigenvalue weighted by Crippen LogP contribution is -2.37. The maximum atomic E-state index is 12.5. The lowest BCUT2D eigenvalue weighted by atomic mass is 10.3. The smallest absolute Gasteiger partial charge is 0.244 e. The number of pyridine rings is 1. The Morgan fingerprint density at radius 2 is 2.33 bits per heavy atom. The molecule has 0 aliphatic carbocycles. The Balaban J connectivity index is 2.21. The van der Waals surface area contributed by atoms with Crippen LogP contribution in [0.3, 0.4) is 0 Å². The van der Waals surface area contributed by atoms with Gasteiger partial charge in [-0.15, -0.1) is 0 Å². The maximum absolute atomic E-state index is 12.5. The van der Waals surface area contributed by atoms with Crippen LogP contribution >= 0.6 is 11.6 Å². The van der Waals surface area contributed by atoms with Crippen LogP contribution < -0.4 is 5.32 Å². The fourth-order valence-electron chi connectivity index (χ4n) is 2.11. The van der Waals surface area contributed by atoms with Crippen LogP contribution in [0, 0.1) is 0 Å². The first-order valence-electron chi connectivity index (χ1n) is 6.92. The Morgan fingerprint density at radius 1 is 1.57 bits per heavy atom. The van der Waals surface area contributed by atoms with Crippen LogP contribution in [0.25, 0.3) is 0 Å². The van der Waals surface area contributed by atoms with E-state index in [9.17, 15) is 8.42 Å². The Morgan fingerprint density at radius 3 is 2.90 bits per heavy atom. The molecule has 2 rings (SSSR count). The quantitative estimate of drug-likeness (QED) is 0.861. The number of hydrogen-bond acceptors (Lipinski definition) is 5. The number of likely N-dealkylation sites (N-methyl/N-ethyl adjacent to an activating group) is 1. The molecule has 1 aliphatic rings. The number of aromatic nitrogens is 1. The molecule has 0 amide bonds. The van der Waals surface area contributed by atoms with Crippen LogP contribution in [-0.2, 0) is 14.8 Å². The average molecular weight is 334 g/mol. The van der Waals surface area contributed by atoms with E-state index in [1.54, 1.807) is 7.05 Å². The van der Waals surface area contributed by atoms with Gasteiger partial charge in [0.2, 0.25) is 10.0 Å². The molecule has 6 nitrogen and oxygen atoms in total. The highest BCUT2D eigenvalue weighted by molar-refractivity contribution is 7.89. The number of halogens is 1. The Bertz CT molecular complexity index is 588. The van der Waals surface area contributed by atoms with Crippen LogP contribution in [-0.4, -0.2) is 50.6 Å². The molecule has 1 atom stereocenters. The Labute approximate surface area is 130 Å². The Hall–Kier alpha value is -0.890. The number of hydrogen-bond donors (Lipinski definition) is 1. The summed E-state index contributed by atoms with van der Waals surface area (Å²) in [5.41, 5.74) is 0. The van der Waals surface area contributed by atoms with Crippen molar-refractivity contribution < 1.29 is 13.2 Å². The number of rotatable bonds is 6.